The predicted octanol–water partition coefficient (Wildman–Crippen LogP) is 0.120. The number of likely N-dealkylation sites (tertiary alicyclic amines) is 1. The summed E-state index contributed by atoms with van der Waals surface area (Å²) in [5.41, 5.74) is 1.76. The maximum Gasteiger partial charge on any atom is 0.225 e. The van der Waals surface area contributed by atoms with Crippen molar-refractivity contribution in [1.29, 1.82) is 0 Å². The van der Waals surface area contributed by atoms with Gasteiger partial charge in [0.1, 0.15) is 5.82 Å². The van der Waals surface area contributed by atoms with Crippen molar-refractivity contribution in [3.05, 3.63) is 23.3 Å². The Morgan fingerprint density at radius 2 is 2.00 bits per heavy atom. The van der Waals surface area contributed by atoms with Crippen molar-refractivity contribution in [3.63, 3.8) is 0 Å². The number of aromatic nitrogens is 2. The van der Waals surface area contributed by atoms with E-state index in [9.17, 15) is 9.59 Å². The fourth-order valence-electron chi connectivity index (χ4n) is 2.67. The van der Waals surface area contributed by atoms with Gasteiger partial charge in [0.25, 0.3) is 0 Å². The molecule has 1 aromatic heterocycles. The van der Waals surface area contributed by atoms with Gasteiger partial charge in [-0.15, -0.1) is 0 Å². The van der Waals surface area contributed by atoms with E-state index in [0.717, 1.165) is 17.9 Å². The molecule has 0 radical (unpaired) electrons. The van der Waals surface area contributed by atoms with Gasteiger partial charge in [0.15, 0.2) is 0 Å². The first-order valence-corrected chi connectivity index (χ1v) is 7.86. The average Bonchev–Trinajstić information content (AvgIpc) is 2.83. The Morgan fingerprint density at radius 3 is 2.61 bits per heavy atom. The van der Waals surface area contributed by atoms with E-state index in [4.69, 9.17) is 0 Å². The maximum atomic E-state index is 12.3. The largest absolute Gasteiger partial charge is 0.348 e. The standard InChI is InChI=1S/C16H25N5O2/c1-11-7-12(2)19-14(18-11)9-17-16(23)13-8-15(22)21(10-13)6-5-20(3)4/h7,13H,5-6,8-10H2,1-4H3,(H,17,23). The van der Waals surface area contributed by atoms with Crippen LogP contribution in [0.4, 0.5) is 0 Å². The van der Waals surface area contributed by atoms with E-state index in [1.165, 1.54) is 0 Å². The molecule has 0 saturated carbocycles. The lowest BCUT2D eigenvalue weighted by Crippen LogP contribution is -2.35. The van der Waals surface area contributed by atoms with Gasteiger partial charge in [0.2, 0.25) is 11.8 Å². The molecule has 126 valence electrons. The van der Waals surface area contributed by atoms with Crippen molar-refractivity contribution in [2.24, 2.45) is 5.92 Å². The zero-order valence-electron chi connectivity index (χ0n) is 14.3. The Kier molecular flexibility index (Phi) is 5.65. The quantitative estimate of drug-likeness (QED) is 0.806. The Balaban J connectivity index is 1.85. The summed E-state index contributed by atoms with van der Waals surface area (Å²) in [6, 6.07) is 1.89. The van der Waals surface area contributed by atoms with Crippen LogP contribution in [0.5, 0.6) is 0 Å². The van der Waals surface area contributed by atoms with Gasteiger partial charge in [0.05, 0.1) is 12.5 Å². The number of amides is 2. The molecule has 0 spiro atoms. The molecule has 7 heteroatoms. The minimum atomic E-state index is -0.282. The first-order chi connectivity index (χ1) is 10.8. The van der Waals surface area contributed by atoms with Gasteiger partial charge < -0.3 is 15.1 Å². The molecule has 1 aliphatic rings. The minimum Gasteiger partial charge on any atom is -0.348 e. The molecule has 2 rings (SSSR count). The second-order valence-corrected chi connectivity index (χ2v) is 6.33. The van der Waals surface area contributed by atoms with Crippen LogP contribution >= 0.6 is 0 Å². The Morgan fingerprint density at radius 1 is 1.35 bits per heavy atom. The van der Waals surface area contributed by atoms with Crippen molar-refractivity contribution in [2.75, 3.05) is 33.7 Å². The molecule has 0 aliphatic carbocycles. The second-order valence-electron chi connectivity index (χ2n) is 6.33. The molecule has 0 bridgehead atoms. The van der Waals surface area contributed by atoms with Gasteiger partial charge in [-0.05, 0) is 34.0 Å². The molecule has 1 aliphatic heterocycles. The summed E-state index contributed by atoms with van der Waals surface area (Å²) in [6.07, 6.45) is 0.285. The highest BCUT2D eigenvalue weighted by molar-refractivity contribution is 5.89. The van der Waals surface area contributed by atoms with Crippen LogP contribution in [0.1, 0.15) is 23.6 Å². The van der Waals surface area contributed by atoms with Crippen molar-refractivity contribution in [2.45, 2.75) is 26.8 Å². The van der Waals surface area contributed by atoms with Gasteiger partial charge in [-0.2, -0.15) is 0 Å². The first kappa shape index (κ1) is 17.3. The van der Waals surface area contributed by atoms with E-state index in [2.05, 4.69) is 15.3 Å². The van der Waals surface area contributed by atoms with E-state index in [0.29, 0.717) is 25.5 Å². The Bertz CT molecular complexity index is 568. The molecular formula is C16H25N5O2. The van der Waals surface area contributed by atoms with E-state index in [1.807, 2.05) is 38.9 Å². The van der Waals surface area contributed by atoms with Crippen molar-refractivity contribution >= 4 is 11.8 Å². The normalized spacial score (nSPS) is 17.9. The molecule has 2 heterocycles. The summed E-state index contributed by atoms with van der Waals surface area (Å²) < 4.78 is 0. The molecule has 1 aromatic rings. The smallest absolute Gasteiger partial charge is 0.225 e. The van der Waals surface area contributed by atoms with Crippen LogP contribution in [-0.4, -0.2) is 65.3 Å². The van der Waals surface area contributed by atoms with Crippen LogP contribution in [0.3, 0.4) is 0 Å². The summed E-state index contributed by atoms with van der Waals surface area (Å²) in [7, 11) is 3.93. The van der Waals surface area contributed by atoms with Crippen LogP contribution in [-0.2, 0) is 16.1 Å². The van der Waals surface area contributed by atoms with Crippen molar-refractivity contribution in [3.8, 4) is 0 Å². The summed E-state index contributed by atoms with van der Waals surface area (Å²) in [5, 5.41) is 2.85. The first-order valence-electron chi connectivity index (χ1n) is 7.86. The topological polar surface area (TPSA) is 78.4 Å². The third-order valence-electron chi connectivity index (χ3n) is 3.85. The number of nitrogens with zero attached hydrogens (tertiary/aromatic N) is 4. The van der Waals surface area contributed by atoms with Crippen LogP contribution < -0.4 is 5.32 Å². The molecule has 1 N–H and O–H groups in total. The number of nitrogens with one attached hydrogen (secondary N) is 1. The average molecular weight is 319 g/mol. The zero-order chi connectivity index (χ0) is 17.0. The summed E-state index contributed by atoms with van der Waals surface area (Å²) in [6.45, 7) is 6.05. The lowest BCUT2D eigenvalue weighted by atomic mass is 10.1. The molecule has 2 amide bonds. The van der Waals surface area contributed by atoms with E-state index in [-0.39, 0.29) is 24.2 Å². The molecule has 23 heavy (non-hydrogen) atoms. The number of aryl methyl sites for hydroxylation is 2. The van der Waals surface area contributed by atoms with Crippen LogP contribution in [0.25, 0.3) is 0 Å². The van der Waals surface area contributed by atoms with E-state index in [1.54, 1.807) is 4.90 Å². The number of carbonyl (C=O) groups excluding carboxylic acids is 2. The maximum absolute atomic E-state index is 12.3. The number of hydrogen-bond acceptors (Lipinski definition) is 5. The highest BCUT2D eigenvalue weighted by Crippen LogP contribution is 2.17. The molecule has 1 atom stereocenters. The zero-order valence-corrected chi connectivity index (χ0v) is 14.3. The predicted molar refractivity (Wildman–Crippen MR) is 86.6 cm³/mol. The van der Waals surface area contributed by atoms with Gasteiger partial charge in [-0.25, -0.2) is 9.97 Å². The Hall–Kier alpha value is -2.02. The molecule has 1 unspecified atom stereocenters. The molecular weight excluding hydrogens is 294 g/mol. The van der Waals surface area contributed by atoms with Crippen LogP contribution in [0.15, 0.2) is 6.07 Å². The van der Waals surface area contributed by atoms with Gasteiger partial charge in [0, 0.05) is 37.4 Å². The van der Waals surface area contributed by atoms with Gasteiger partial charge in [-0.3, -0.25) is 9.59 Å². The second kappa shape index (κ2) is 7.50. The highest BCUT2D eigenvalue weighted by atomic mass is 16.2. The molecule has 0 aromatic carbocycles. The van der Waals surface area contributed by atoms with Crippen molar-refractivity contribution < 1.29 is 9.59 Å². The number of rotatable bonds is 6. The minimum absolute atomic E-state index is 0.0506. The number of likely N-dealkylation sites (N-methyl/N-ethyl adjacent to an activating group) is 1. The lowest BCUT2D eigenvalue weighted by Gasteiger charge is -2.19. The van der Waals surface area contributed by atoms with Gasteiger partial charge in [-0.1, -0.05) is 0 Å². The van der Waals surface area contributed by atoms with Crippen molar-refractivity contribution in [1.82, 2.24) is 25.1 Å². The van der Waals surface area contributed by atoms with E-state index >= 15 is 0 Å². The Labute approximate surface area is 137 Å². The highest BCUT2D eigenvalue weighted by Gasteiger charge is 2.33. The molecule has 1 saturated heterocycles. The molecule has 7 nitrogen and oxygen atoms in total. The fourth-order valence-corrected chi connectivity index (χ4v) is 2.67. The lowest BCUT2D eigenvalue weighted by molar-refractivity contribution is -0.129. The third-order valence-corrected chi connectivity index (χ3v) is 3.85. The summed E-state index contributed by atoms with van der Waals surface area (Å²) in [4.78, 5) is 36.6. The summed E-state index contributed by atoms with van der Waals surface area (Å²) >= 11 is 0. The molecule has 1 fully saturated rings. The fraction of sp³-hybridized carbons (Fsp3) is 0.625. The third kappa shape index (κ3) is 4.99. The van der Waals surface area contributed by atoms with E-state index < -0.39 is 0 Å². The summed E-state index contributed by atoms with van der Waals surface area (Å²) in [5.74, 6) is 0.267. The van der Waals surface area contributed by atoms with Gasteiger partial charge >= 0.3 is 0 Å². The number of hydrogen-bond donors (Lipinski definition) is 1. The van der Waals surface area contributed by atoms with Crippen LogP contribution in [0.2, 0.25) is 0 Å². The SMILES string of the molecule is Cc1cc(C)nc(CNC(=O)C2CC(=O)N(CCN(C)C)C2)n1. The monoisotopic (exact) mass is 319 g/mol. The van der Waals surface area contributed by atoms with Crippen LogP contribution in [0, 0.1) is 19.8 Å². The number of carbonyl (C=O) groups is 2.